The Morgan fingerprint density at radius 1 is 0.300 bits per heavy atom. The predicted molar refractivity (Wildman–Crippen MR) is 287 cm³/mol. The van der Waals surface area contributed by atoms with Crippen LogP contribution in [-0.4, -0.2) is 0 Å². The van der Waals surface area contributed by atoms with Crippen molar-refractivity contribution in [1.82, 2.24) is 0 Å². The molecular formula is C67H41NO2. The summed E-state index contributed by atoms with van der Waals surface area (Å²) in [5, 5.41) is 2.26. The first-order valence-electron chi connectivity index (χ1n) is 24.1. The van der Waals surface area contributed by atoms with Crippen molar-refractivity contribution in [1.29, 1.82) is 0 Å². The van der Waals surface area contributed by atoms with Gasteiger partial charge in [0.05, 0.1) is 5.41 Å². The summed E-state index contributed by atoms with van der Waals surface area (Å²) >= 11 is 0. The predicted octanol–water partition coefficient (Wildman–Crippen LogP) is 18.2. The van der Waals surface area contributed by atoms with Gasteiger partial charge in [0.1, 0.15) is 22.7 Å². The largest absolute Gasteiger partial charge is 0.456 e. The van der Waals surface area contributed by atoms with E-state index in [0.717, 1.165) is 78.3 Å². The fraction of sp³-hybridized carbons (Fsp3) is 0.0149. The highest BCUT2D eigenvalue weighted by atomic mass is 16.5. The number of anilines is 3. The molecule has 3 nitrogen and oxygen atoms in total. The number of rotatable bonds is 4. The monoisotopic (exact) mass is 891 g/mol. The van der Waals surface area contributed by atoms with Crippen LogP contribution in [0.5, 0.6) is 11.5 Å². The highest BCUT2D eigenvalue weighted by molar-refractivity contribution is 6.13. The van der Waals surface area contributed by atoms with Crippen molar-refractivity contribution in [2.75, 3.05) is 4.90 Å². The van der Waals surface area contributed by atoms with Crippen LogP contribution < -0.4 is 9.64 Å². The summed E-state index contributed by atoms with van der Waals surface area (Å²) < 4.78 is 13.7. The Labute approximate surface area is 405 Å². The molecule has 2 aliphatic carbocycles. The Hall–Kier alpha value is -9.18. The van der Waals surface area contributed by atoms with Gasteiger partial charge in [-0.05, 0) is 127 Å². The van der Waals surface area contributed by atoms with Crippen molar-refractivity contribution in [3.05, 3.63) is 271 Å². The lowest BCUT2D eigenvalue weighted by atomic mass is 9.66. The molecule has 0 bridgehead atoms. The van der Waals surface area contributed by atoms with Gasteiger partial charge in [-0.1, -0.05) is 194 Å². The van der Waals surface area contributed by atoms with Crippen LogP contribution in [0, 0.1) is 0 Å². The minimum Gasteiger partial charge on any atom is -0.456 e. The van der Waals surface area contributed by atoms with Gasteiger partial charge < -0.3 is 14.1 Å². The van der Waals surface area contributed by atoms with Gasteiger partial charge in [-0.2, -0.15) is 0 Å². The van der Waals surface area contributed by atoms with Crippen LogP contribution in [0.3, 0.4) is 0 Å². The van der Waals surface area contributed by atoms with E-state index in [1.807, 2.05) is 6.07 Å². The first-order chi connectivity index (χ1) is 34.7. The lowest BCUT2D eigenvalue weighted by molar-refractivity contribution is 0.488. The Kier molecular flexibility index (Phi) is 8.28. The second-order valence-electron chi connectivity index (χ2n) is 18.7. The molecule has 0 fully saturated rings. The van der Waals surface area contributed by atoms with Gasteiger partial charge in [-0.25, -0.2) is 0 Å². The highest BCUT2D eigenvalue weighted by Crippen LogP contribution is 2.63. The third kappa shape index (κ3) is 5.46. The molecule has 15 rings (SSSR count). The van der Waals surface area contributed by atoms with Gasteiger partial charge in [0.15, 0.2) is 0 Å². The summed E-state index contributed by atoms with van der Waals surface area (Å²) in [6, 6.07) is 90.7. The van der Waals surface area contributed by atoms with Gasteiger partial charge >= 0.3 is 0 Å². The third-order valence-electron chi connectivity index (χ3n) is 15.1. The molecule has 70 heavy (non-hydrogen) atoms. The van der Waals surface area contributed by atoms with Crippen molar-refractivity contribution in [2.24, 2.45) is 0 Å². The number of fused-ring (bicyclic) bond motifs is 21. The zero-order chi connectivity index (χ0) is 45.9. The Morgan fingerprint density at radius 3 is 1.57 bits per heavy atom. The molecule has 1 spiro atoms. The molecule has 2 heterocycles. The van der Waals surface area contributed by atoms with E-state index < -0.39 is 5.41 Å². The lowest BCUT2D eigenvalue weighted by Crippen LogP contribution is -2.29. The van der Waals surface area contributed by atoms with Crippen LogP contribution in [0.15, 0.2) is 253 Å². The van der Waals surface area contributed by atoms with E-state index in [2.05, 4.69) is 248 Å². The molecule has 0 N–H and O–H groups in total. The molecule has 3 aliphatic rings. The van der Waals surface area contributed by atoms with Crippen molar-refractivity contribution >= 4 is 39.0 Å². The van der Waals surface area contributed by atoms with Gasteiger partial charge in [-0.15, -0.1) is 0 Å². The van der Waals surface area contributed by atoms with Crippen LogP contribution >= 0.6 is 0 Å². The molecule has 3 heteroatoms. The van der Waals surface area contributed by atoms with E-state index in [9.17, 15) is 0 Å². The minimum absolute atomic E-state index is 0.676. The number of hydrogen-bond donors (Lipinski definition) is 0. The second kappa shape index (κ2) is 14.9. The topological polar surface area (TPSA) is 25.6 Å². The molecule has 0 amide bonds. The van der Waals surface area contributed by atoms with E-state index in [1.165, 1.54) is 61.2 Å². The Bertz CT molecular complexity index is 4110. The first kappa shape index (κ1) is 38.9. The van der Waals surface area contributed by atoms with E-state index >= 15 is 0 Å². The van der Waals surface area contributed by atoms with Crippen LogP contribution in [0.2, 0.25) is 0 Å². The summed E-state index contributed by atoms with van der Waals surface area (Å²) in [4.78, 5) is 2.41. The maximum absolute atomic E-state index is 6.91. The lowest BCUT2D eigenvalue weighted by Gasteiger charge is -2.36. The van der Waals surface area contributed by atoms with Crippen LogP contribution in [0.25, 0.3) is 88.7 Å². The Morgan fingerprint density at radius 2 is 0.800 bits per heavy atom. The SMILES string of the molecule is c1ccc(-c2ccc(N(c3ccc4c(c3)-c3ccccc3-c3ccccc3O4)c3ccc4c(c3)-c3ccccc3-c3ccccc3C43c4ccccc4-c4c3ccc3c4oc4ccccc43)cc2)cc1. The van der Waals surface area contributed by atoms with Crippen LogP contribution in [0.1, 0.15) is 22.3 Å². The quantitative estimate of drug-likeness (QED) is 0.176. The molecule has 326 valence electrons. The van der Waals surface area contributed by atoms with Gasteiger partial charge in [-0.3, -0.25) is 0 Å². The molecule has 0 radical (unpaired) electrons. The van der Waals surface area contributed by atoms with Crippen molar-refractivity contribution < 1.29 is 9.15 Å². The summed E-state index contributed by atoms with van der Waals surface area (Å²) in [5.41, 5.74) is 23.2. The average Bonchev–Trinajstić information content (AvgIpc) is 3.88. The molecule has 1 unspecified atom stereocenters. The third-order valence-corrected chi connectivity index (χ3v) is 15.1. The number of furan rings is 1. The molecule has 1 aromatic heterocycles. The number of ether oxygens (including phenoxy) is 1. The molecule has 1 atom stereocenters. The second-order valence-corrected chi connectivity index (χ2v) is 18.7. The minimum atomic E-state index is -0.676. The number of nitrogens with zero attached hydrogens (tertiary/aromatic N) is 1. The van der Waals surface area contributed by atoms with E-state index in [4.69, 9.17) is 9.15 Å². The molecule has 11 aromatic carbocycles. The van der Waals surface area contributed by atoms with E-state index in [0.29, 0.717) is 0 Å². The molecule has 0 saturated heterocycles. The fourth-order valence-electron chi connectivity index (χ4n) is 12.2. The van der Waals surface area contributed by atoms with Crippen molar-refractivity contribution in [3.63, 3.8) is 0 Å². The molecule has 12 aromatic rings. The summed E-state index contributed by atoms with van der Waals surface area (Å²) in [5.74, 6) is 1.68. The zero-order valence-corrected chi connectivity index (χ0v) is 37.9. The molecular weight excluding hydrogens is 851 g/mol. The molecule has 1 aliphatic heterocycles. The summed E-state index contributed by atoms with van der Waals surface area (Å²) in [7, 11) is 0. The highest BCUT2D eigenvalue weighted by Gasteiger charge is 2.51. The smallest absolute Gasteiger partial charge is 0.143 e. The van der Waals surface area contributed by atoms with Crippen LogP contribution in [-0.2, 0) is 5.41 Å². The zero-order valence-electron chi connectivity index (χ0n) is 37.9. The normalized spacial score (nSPS) is 14.5. The van der Waals surface area contributed by atoms with Crippen molar-refractivity contribution in [3.8, 4) is 78.3 Å². The van der Waals surface area contributed by atoms with Gasteiger partial charge in [0.2, 0.25) is 0 Å². The Balaban J connectivity index is 1.00. The molecule has 0 saturated carbocycles. The fourth-order valence-corrected chi connectivity index (χ4v) is 12.2. The van der Waals surface area contributed by atoms with Gasteiger partial charge in [0, 0.05) is 44.5 Å². The number of hydrogen-bond acceptors (Lipinski definition) is 3. The average molecular weight is 892 g/mol. The van der Waals surface area contributed by atoms with E-state index in [-0.39, 0.29) is 0 Å². The standard InChI is InChI=1S/C67H41NO2/c1-2-16-42(17-3-1)43-30-32-44(33-31-43)68(46-35-39-64-57(41-46)50-21-7-5-19-48(50)52-23-10-14-28-62(52)69-64)45-34-37-60-56(40-45)49-20-6-4-18-47(49)51-22-8-12-26-58(51)67(60)59-27-13-9-25-55(59)65-61(67)38-36-54-53-24-11-15-29-63(53)70-66(54)65/h1-41H. The number of para-hydroxylation sites is 2. The first-order valence-corrected chi connectivity index (χ1v) is 24.1. The van der Waals surface area contributed by atoms with Crippen molar-refractivity contribution in [2.45, 2.75) is 5.41 Å². The van der Waals surface area contributed by atoms with Crippen LogP contribution in [0.4, 0.5) is 17.1 Å². The van der Waals surface area contributed by atoms with E-state index in [1.54, 1.807) is 0 Å². The summed E-state index contributed by atoms with van der Waals surface area (Å²) in [6.45, 7) is 0. The number of benzene rings is 11. The maximum atomic E-state index is 6.91. The van der Waals surface area contributed by atoms with Gasteiger partial charge in [0.25, 0.3) is 0 Å². The summed E-state index contributed by atoms with van der Waals surface area (Å²) in [6.07, 6.45) is 0. The maximum Gasteiger partial charge on any atom is 0.143 e.